The Labute approximate surface area is 88.5 Å². The lowest BCUT2D eigenvalue weighted by Gasteiger charge is -2.03. The summed E-state index contributed by atoms with van der Waals surface area (Å²) >= 11 is 0. The van der Waals surface area contributed by atoms with Crippen LogP contribution in [0, 0.1) is 6.92 Å². The fourth-order valence-corrected chi connectivity index (χ4v) is 1.46. The van der Waals surface area contributed by atoms with E-state index < -0.39 is 0 Å². The van der Waals surface area contributed by atoms with Gasteiger partial charge in [-0.3, -0.25) is 4.68 Å². The Hall–Kier alpha value is -1.78. The highest BCUT2D eigenvalue weighted by Gasteiger charge is 1.99. The van der Waals surface area contributed by atoms with Gasteiger partial charge in [0.15, 0.2) is 5.95 Å². The summed E-state index contributed by atoms with van der Waals surface area (Å²) in [5, 5.41) is 7.34. The SMILES string of the molecule is Cc1cnc(NCCc2ccnn2C)[nH]1. The number of nitrogens with one attached hydrogen (secondary N) is 2. The first-order chi connectivity index (χ1) is 7.25. The van der Waals surface area contributed by atoms with Crippen molar-refractivity contribution in [2.75, 3.05) is 11.9 Å². The quantitative estimate of drug-likeness (QED) is 0.786. The summed E-state index contributed by atoms with van der Waals surface area (Å²) in [6, 6.07) is 2.02. The van der Waals surface area contributed by atoms with Crippen LogP contribution in [0.5, 0.6) is 0 Å². The zero-order chi connectivity index (χ0) is 10.7. The van der Waals surface area contributed by atoms with Gasteiger partial charge in [0.05, 0.1) is 0 Å². The first-order valence-electron chi connectivity index (χ1n) is 4.98. The third-order valence-corrected chi connectivity index (χ3v) is 2.30. The van der Waals surface area contributed by atoms with Gasteiger partial charge in [-0.05, 0) is 13.0 Å². The zero-order valence-electron chi connectivity index (χ0n) is 8.99. The highest BCUT2D eigenvalue weighted by Crippen LogP contribution is 2.02. The van der Waals surface area contributed by atoms with E-state index in [2.05, 4.69) is 20.4 Å². The predicted molar refractivity (Wildman–Crippen MR) is 58.7 cm³/mol. The van der Waals surface area contributed by atoms with Gasteiger partial charge in [-0.25, -0.2) is 4.98 Å². The summed E-state index contributed by atoms with van der Waals surface area (Å²) in [7, 11) is 1.95. The van der Waals surface area contributed by atoms with E-state index in [-0.39, 0.29) is 0 Å². The van der Waals surface area contributed by atoms with Crippen molar-refractivity contribution in [2.45, 2.75) is 13.3 Å². The number of hydrogen-bond donors (Lipinski definition) is 2. The average Bonchev–Trinajstić information content (AvgIpc) is 2.77. The number of hydrogen-bond acceptors (Lipinski definition) is 3. The third-order valence-electron chi connectivity index (χ3n) is 2.30. The molecule has 0 atom stereocenters. The lowest BCUT2D eigenvalue weighted by atomic mass is 10.3. The van der Waals surface area contributed by atoms with Gasteiger partial charge >= 0.3 is 0 Å². The Balaban J connectivity index is 1.83. The van der Waals surface area contributed by atoms with Crippen LogP contribution in [0.2, 0.25) is 0 Å². The van der Waals surface area contributed by atoms with Crippen LogP contribution in [0.25, 0.3) is 0 Å². The topological polar surface area (TPSA) is 58.5 Å². The van der Waals surface area contributed by atoms with E-state index in [1.807, 2.05) is 37.1 Å². The molecule has 0 aliphatic rings. The summed E-state index contributed by atoms with van der Waals surface area (Å²) < 4.78 is 1.88. The lowest BCUT2D eigenvalue weighted by Crippen LogP contribution is -2.09. The van der Waals surface area contributed by atoms with Crippen molar-refractivity contribution < 1.29 is 0 Å². The molecule has 0 amide bonds. The fourth-order valence-electron chi connectivity index (χ4n) is 1.46. The Morgan fingerprint density at radius 3 is 3.00 bits per heavy atom. The monoisotopic (exact) mass is 205 g/mol. The van der Waals surface area contributed by atoms with E-state index >= 15 is 0 Å². The molecule has 2 N–H and O–H groups in total. The maximum absolute atomic E-state index is 4.17. The minimum atomic E-state index is 0.828. The van der Waals surface area contributed by atoms with Crippen molar-refractivity contribution in [3.8, 4) is 0 Å². The Morgan fingerprint density at radius 1 is 1.53 bits per heavy atom. The summed E-state index contributed by atoms with van der Waals surface area (Å²) in [6.07, 6.45) is 4.56. The Bertz CT molecular complexity index is 428. The molecule has 2 rings (SSSR count). The highest BCUT2D eigenvalue weighted by atomic mass is 15.3. The molecule has 0 fully saturated rings. The maximum Gasteiger partial charge on any atom is 0.200 e. The molecule has 0 aliphatic carbocycles. The van der Waals surface area contributed by atoms with Gasteiger partial charge in [0.2, 0.25) is 0 Å². The van der Waals surface area contributed by atoms with Crippen LogP contribution in [0.3, 0.4) is 0 Å². The minimum Gasteiger partial charge on any atom is -0.355 e. The molecule has 80 valence electrons. The largest absolute Gasteiger partial charge is 0.355 e. The van der Waals surface area contributed by atoms with Gasteiger partial charge in [0, 0.05) is 43.8 Å². The van der Waals surface area contributed by atoms with Crippen LogP contribution in [-0.4, -0.2) is 26.3 Å². The second-order valence-corrected chi connectivity index (χ2v) is 3.54. The van der Waals surface area contributed by atoms with Crippen molar-refractivity contribution >= 4 is 5.95 Å². The number of rotatable bonds is 4. The van der Waals surface area contributed by atoms with Gasteiger partial charge in [-0.2, -0.15) is 5.10 Å². The van der Waals surface area contributed by atoms with Gasteiger partial charge in [0.25, 0.3) is 0 Å². The van der Waals surface area contributed by atoms with Crippen molar-refractivity contribution in [3.05, 3.63) is 29.8 Å². The van der Waals surface area contributed by atoms with Gasteiger partial charge < -0.3 is 10.3 Å². The van der Waals surface area contributed by atoms with Gasteiger partial charge in [-0.15, -0.1) is 0 Å². The molecule has 0 saturated carbocycles. The van der Waals surface area contributed by atoms with E-state index in [0.29, 0.717) is 0 Å². The standard InChI is InChI=1S/C10H15N5/c1-8-7-12-10(14-8)11-5-3-9-4-6-13-15(9)2/h4,6-7H,3,5H2,1-2H3,(H2,11,12,14). The maximum atomic E-state index is 4.17. The number of aryl methyl sites for hydroxylation is 2. The summed E-state index contributed by atoms with van der Waals surface area (Å²) in [5.41, 5.74) is 2.28. The normalized spacial score (nSPS) is 10.5. The smallest absolute Gasteiger partial charge is 0.200 e. The number of anilines is 1. The average molecular weight is 205 g/mol. The first kappa shape index (κ1) is 9.76. The van der Waals surface area contributed by atoms with E-state index in [1.54, 1.807) is 0 Å². The third kappa shape index (κ3) is 2.37. The highest BCUT2D eigenvalue weighted by molar-refractivity contribution is 5.25. The molecule has 5 nitrogen and oxygen atoms in total. The number of H-pyrrole nitrogens is 1. The second kappa shape index (κ2) is 4.16. The van der Waals surface area contributed by atoms with Gasteiger partial charge in [-0.1, -0.05) is 0 Å². The molecule has 0 radical (unpaired) electrons. The molecular formula is C10H15N5. The van der Waals surface area contributed by atoms with Crippen LogP contribution in [0.4, 0.5) is 5.95 Å². The van der Waals surface area contributed by atoms with Crippen LogP contribution in [0.1, 0.15) is 11.4 Å². The number of aromatic nitrogens is 4. The molecule has 15 heavy (non-hydrogen) atoms. The first-order valence-corrected chi connectivity index (χ1v) is 4.98. The molecule has 2 aromatic heterocycles. The molecule has 0 aliphatic heterocycles. The number of nitrogens with zero attached hydrogens (tertiary/aromatic N) is 3. The number of imidazole rings is 1. The van der Waals surface area contributed by atoms with Crippen molar-refractivity contribution in [3.63, 3.8) is 0 Å². The fraction of sp³-hybridized carbons (Fsp3) is 0.400. The molecule has 0 bridgehead atoms. The molecule has 0 unspecified atom stereocenters. The summed E-state index contributed by atoms with van der Waals surface area (Å²) in [6.45, 7) is 2.84. The van der Waals surface area contributed by atoms with Gasteiger partial charge in [0.1, 0.15) is 0 Å². The molecule has 2 aromatic rings. The van der Waals surface area contributed by atoms with Crippen LogP contribution >= 0.6 is 0 Å². The van der Waals surface area contributed by atoms with Crippen LogP contribution in [0.15, 0.2) is 18.5 Å². The predicted octanol–water partition coefficient (Wildman–Crippen LogP) is 1.11. The van der Waals surface area contributed by atoms with Crippen LogP contribution < -0.4 is 5.32 Å². The lowest BCUT2D eigenvalue weighted by molar-refractivity contribution is 0.710. The minimum absolute atomic E-state index is 0.828. The van der Waals surface area contributed by atoms with Crippen LogP contribution in [-0.2, 0) is 13.5 Å². The van der Waals surface area contributed by atoms with Crippen molar-refractivity contribution in [2.24, 2.45) is 7.05 Å². The van der Waals surface area contributed by atoms with E-state index in [9.17, 15) is 0 Å². The molecule has 0 spiro atoms. The molecular weight excluding hydrogens is 190 g/mol. The molecule has 5 heteroatoms. The second-order valence-electron chi connectivity index (χ2n) is 3.54. The van der Waals surface area contributed by atoms with E-state index in [1.165, 1.54) is 5.69 Å². The Morgan fingerprint density at radius 2 is 2.40 bits per heavy atom. The van der Waals surface area contributed by atoms with E-state index in [4.69, 9.17) is 0 Å². The summed E-state index contributed by atoms with van der Waals surface area (Å²) in [5.74, 6) is 0.828. The van der Waals surface area contributed by atoms with E-state index in [0.717, 1.165) is 24.6 Å². The summed E-state index contributed by atoms with van der Waals surface area (Å²) in [4.78, 5) is 7.29. The Kier molecular flexibility index (Phi) is 2.71. The van der Waals surface area contributed by atoms with Crippen molar-refractivity contribution in [1.82, 2.24) is 19.7 Å². The molecule has 2 heterocycles. The molecule has 0 aromatic carbocycles. The van der Waals surface area contributed by atoms with Crippen molar-refractivity contribution in [1.29, 1.82) is 0 Å². The number of aromatic amines is 1. The molecule has 0 saturated heterocycles. The zero-order valence-corrected chi connectivity index (χ0v) is 8.99.